The Bertz CT molecular complexity index is 1690. The molecule has 1 heterocycles. The van der Waals surface area contributed by atoms with Crippen molar-refractivity contribution in [2.24, 2.45) is 4.99 Å². The van der Waals surface area contributed by atoms with Crippen LogP contribution in [0.1, 0.15) is 10.4 Å². The standard InChI is InChI=1S/C24H23N3O6S3/c1-33-15-14-27-21-13-12-20(35(2,29)30)16-22(21)34-24(27)25-23(28)17-8-10-18(11-9-17)26-36(31,32)19-6-4-3-5-7-19/h3-13,16,26H,14-15H2,1-2H3. The van der Waals surface area contributed by atoms with Crippen LogP contribution < -0.4 is 9.52 Å². The predicted molar refractivity (Wildman–Crippen MR) is 138 cm³/mol. The fraction of sp³-hybridized carbons (Fsp3) is 0.167. The number of thiazole rings is 1. The number of sulfone groups is 1. The minimum atomic E-state index is -3.75. The van der Waals surface area contributed by atoms with Gasteiger partial charge in [0.05, 0.1) is 26.6 Å². The van der Waals surface area contributed by atoms with E-state index in [4.69, 9.17) is 4.74 Å². The van der Waals surface area contributed by atoms with Gasteiger partial charge in [-0.05, 0) is 54.6 Å². The Labute approximate surface area is 212 Å². The molecule has 0 saturated carbocycles. The minimum absolute atomic E-state index is 0.129. The SMILES string of the molecule is COCCn1c(=NC(=O)c2ccc(NS(=O)(=O)c3ccccc3)cc2)sc2cc(S(C)(=O)=O)ccc21. The van der Waals surface area contributed by atoms with Crippen LogP contribution in [-0.2, 0) is 31.1 Å². The smallest absolute Gasteiger partial charge is 0.279 e. The molecule has 0 aliphatic rings. The number of nitrogens with one attached hydrogen (secondary N) is 1. The molecule has 0 saturated heterocycles. The van der Waals surface area contributed by atoms with E-state index in [1.807, 2.05) is 0 Å². The summed E-state index contributed by atoms with van der Waals surface area (Å²) in [6, 6.07) is 18.7. The Hall–Kier alpha value is -3.32. The van der Waals surface area contributed by atoms with Gasteiger partial charge in [-0.2, -0.15) is 4.99 Å². The molecule has 4 aromatic rings. The van der Waals surface area contributed by atoms with Crippen molar-refractivity contribution in [2.45, 2.75) is 16.3 Å². The summed E-state index contributed by atoms with van der Waals surface area (Å²) < 4.78 is 59.1. The first-order chi connectivity index (χ1) is 17.1. The van der Waals surface area contributed by atoms with Gasteiger partial charge in [0.1, 0.15) is 0 Å². The highest BCUT2D eigenvalue weighted by molar-refractivity contribution is 7.92. The number of carbonyl (C=O) groups is 1. The van der Waals surface area contributed by atoms with E-state index in [2.05, 4.69) is 9.71 Å². The molecule has 36 heavy (non-hydrogen) atoms. The van der Waals surface area contributed by atoms with E-state index in [9.17, 15) is 21.6 Å². The number of anilines is 1. The Morgan fingerprint density at radius 2 is 1.67 bits per heavy atom. The zero-order valence-corrected chi connectivity index (χ0v) is 21.9. The molecule has 9 nitrogen and oxygen atoms in total. The van der Waals surface area contributed by atoms with Crippen molar-refractivity contribution in [1.82, 2.24) is 4.57 Å². The average molecular weight is 546 g/mol. The van der Waals surface area contributed by atoms with Gasteiger partial charge < -0.3 is 9.30 Å². The van der Waals surface area contributed by atoms with Crippen molar-refractivity contribution in [1.29, 1.82) is 0 Å². The lowest BCUT2D eigenvalue weighted by Gasteiger charge is -2.08. The highest BCUT2D eigenvalue weighted by atomic mass is 32.2. The van der Waals surface area contributed by atoms with E-state index in [0.717, 1.165) is 11.8 Å². The number of carbonyl (C=O) groups excluding carboxylic acids is 1. The Morgan fingerprint density at radius 1 is 0.972 bits per heavy atom. The number of nitrogens with zero attached hydrogens (tertiary/aromatic N) is 2. The summed E-state index contributed by atoms with van der Waals surface area (Å²) in [7, 11) is -5.58. The first kappa shape index (κ1) is 25.8. The second-order valence-corrected chi connectivity index (χ2v) is 12.6. The summed E-state index contributed by atoms with van der Waals surface area (Å²) in [5, 5.41) is 0. The zero-order chi connectivity index (χ0) is 25.9. The van der Waals surface area contributed by atoms with E-state index in [1.165, 1.54) is 53.8 Å². The lowest BCUT2D eigenvalue weighted by molar-refractivity contribution is 0.0997. The third-order valence-corrected chi connectivity index (χ3v) is 8.78. The van der Waals surface area contributed by atoms with Gasteiger partial charge >= 0.3 is 0 Å². The molecular weight excluding hydrogens is 522 g/mol. The van der Waals surface area contributed by atoms with Crippen LogP contribution in [0.15, 0.2) is 87.6 Å². The zero-order valence-electron chi connectivity index (χ0n) is 19.4. The van der Waals surface area contributed by atoms with Crippen LogP contribution in [0, 0.1) is 0 Å². The van der Waals surface area contributed by atoms with Crippen molar-refractivity contribution in [3.05, 3.63) is 83.2 Å². The third-order valence-electron chi connectivity index (χ3n) is 5.24. The minimum Gasteiger partial charge on any atom is -0.383 e. The maximum atomic E-state index is 12.9. The summed E-state index contributed by atoms with van der Waals surface area (Å²) in [4.78, 5) is 17.9. The van der Waals surface area contributed by atoms with Crippen molar-refractivity contribution in [2.75, 3.05) is 24.7 Å². The van der Waals surface area contributed by atoms with Gasteiger partial charge in [0.25, 0.3) is 15.9 Å². The highest BCUT2D eigenvalue weighted by Gasteiger charge is 2.15. The van der Waals surface area contributed by atoms with Gasteiger partial charge in [-0.1, -0.05) is 29.5 Å². The summed E-state index contributed by atoms with van der Waals surface area (Å²) in [6.45, 7) is 0.790. The van der Waals surface area contributed by atoms with E-state index < -0.39 is 25.8 Å². The van der Waals surface area contributed by atoms with Gasteiger partial charge in [0.2, 0.25) is 0 Å². The number of methoxy groups -OCH3 is 1. The molecule has 0 spiro atoms. The van der Waals surface area contributed by atoms with Crippen molar-refractivity contribution in [3.8, 4) is 0 Å². The topological polar surface area (TPSA) is 124 Å². The molecule has 0 fully saturated rings. The molecule has 0 unspecified atom stereocenters. The van der Waals surface area contributed by atoms with Crippen LogP contribution in [0.4, 0.5) is 5.69 Å². The van der Waals surface area contributed by atoms with Gasteiger partial charge in [0.15, 0.2) is 14.6 Å². The van der Waals surface area contributed by atoms with Crippen molar-refractivity contribution >= 4 is 53.0 Å². The number of hydrogen-bond donors (Lipinski definition) is 1. The van der Waals surface area contributed by atoms with Crippen LogP contribution in [-0.4, -0.2) is 47.3 Å². The van der Waals surface area contributed by atoms with E-state index in [0.29, 0.717) is 28.3 Å². The van der Waals surface area contributed by atoms with Crippen LogP contribution >= 0.6 is 11.3 Å². The summed E-state index contributed by atoms with van der Waals surface area (Å²) in [6.07, 6.45) is 1.14. The lowest BCUT2D eigenvalue weighted by Crippen LogP contribution is -2.19. The van der Waals surface area contributed by atoms with E-state index >= 15 is 0 Å². The number of ether oxygens (including phenoxy) is 1. The fourth-order valence-electron chi connectivity index (χ4n) is 3.41. The van der Waals surface area contributed by atoms with Crippen LogP contribution in [0.3, 0.4) is 0 Å². The monoisotopic (exact) mass is 545 g/mol. The Morgan fingerprint density at radius 3 is 2.31 bits per heavy atom. The number of sulfonamides is 1. The van der Waals surface area contributed by atoms with Crippen LogP contribution in [0.2, 0.25) is 0 Å². The van der Waals surface area contributed by atoms with Crippen molar-refractivity contribution in [3.63, 3.8) is 0 Å². The summed E-state index contributed by atoms with van der Waals surface area (Å²) in [5.41, 5.74) is 1.31. The highest BCUT2D eigenvalue weighted by Crippen LogP contribution is 2.22. The summed E-state index contributed by atoms with van der Waals surface area (Å²) in [5.74, 6) is -0.520. The van der Waals surface area contributed by atoms with Gasteiger partial charge in [-0.25, -0.2) is 16.8 Å². The second kappa shape index (κ2) is 10.3. The molecular formula is C24H23N3O6S3. The number of rotatable bonds is 8. The van der Waals surface area contributed by atoms with Gasteiger partial charge in [-0.3, -0.25) is 9.52 Å². The number of amides is 1. The molecule has 0 aliphatic carbocycles. The predicted octanol–water partition coefficient (Wildman–Crippen LogP) is 3.29. The molecule has 1 N–H and O–H groups in total. The fourth-order valence-corrected chi connectivity index (χ4v) is 6.31. The van der Waals surface area contributed by atoms with Gasteiger partial charge in [0, 0.05) is 31.2 Å². The molecule has 4 rings (SSSR count). The molecule has 0 radical (unpaired) electrons. The quantitative estimate of drug-likeness (QED) is 0.362. The molecule has 3 aromatic carbocycles. The number of aromatic nitrogens is 1. The molecule has 1 aromatic heterocycles. The molecule has 1 amide bonds. The third kappa shape index (κ3) is 5.73. The first-order valence-corrected chi connectivity index (χ1v) is 14.9. The second-order valence-electron chi connectivity index (χ2n) is 7.84. The maximum absolute atomic E-state index is 12.9. The number of fused-ring (bicyclic) bond motifs is 1. The Kier molecular flexibility index (Phi) is 7.41. The van der Waals surface area contributed by atoms with Crippen LogP contribution in [0.25, 0.3) is 10.2 Å². The maximum Gasteiger partial charge on any atom is 0.279 e. The number of hydrogen-bond acceptors (Lipinski definition) is 7. The first-order valence-electron chi connectivity index (χ1n) is 10.7. The van der Waals surface area contributed by atoms with Gasteiger partial charge in [-0.15, -0.1) is 0 Å². The van der Waals surface area contributed by atoms with E-state index in [-0.39, 0.29) is 15.4 Å². The molecule has 188 valence electrons. The summed E-state index contributed by atoms with van der Waals surface area (Å²) >= 11 is 1.20. The average Bonchev–Trinajstić information content (AvgIpc) is 3.19. The molecule has 0 atom stereocenters. The molecule has 0 aliphatic heterocycles. The normalized spacial score (nSPS) is 12.7. The largest absolute Gasteiger partial charge is 0.383 e. The van der Waals surface area contributed by atoms with Crippen molar-refractivity contribution < 1.29 is 26.4 Å². The molecule has 12 heteroatoms. The Balaban J connectivity index is 1.65. The lowest BCUT2D eigenvalue weighted by atomic mass is 10.2. The van der Waals surface area contributed by atoms with E-state index in [1.54, 1.807) is 42.0 Å². The number of benzene rings is 3. The van der Waals surface area contributed by atoms with Crippen LogP contribution in [0.5, 0.6) is 0 Å². The molecule has 0 bridgehead atoms.